The van der Waals surface area contributed by atoms with Gasteiger partial charge in [-0.25, -0.2) is 4.72 Å². The van der Waals surface area contributed by atoms with Crippen LogP contribution in [0.15, 0.2) is 0 Å². The normalized spacial score (nSPS) is 12.3. The highest BCUT2D eigenvalue weighted by Gasteiger charge is 2.18. The molecule has 0 radical (unpaired) electrons. The van der Waals surface area contributed by atoms with Crippen LogP contribution in [-0.2, 0) is 14.9 Å². The van der Waals surface area contributed by atoms with E-state index < -0.39 is 10.2 Å². The van der Waals surface area contributed by atoms with Gasteiger partial charge in [0.1, 0.15) is 0 Å². The van der Waals surface area contributed by atoms with Crippen LogP contribution in [0, 0.1) is 0 Å². The van der Waals surface area contributed by atoms with E-state index in [9.17, 15) is 8.42 Å². The Balaban J connectivity index is 4.23. The number of aliphatic hydroxyl groups is 1. The fourth-order valence-electron chi connectivity index (χ4n) is 0.786. The average molecular weight is 212 g/mol. The van der Waals surface area contributed by atoms with Gasteiger partial charge in [0.05, 0.1) is 13.2 Å². The maximum atomic E-state index is 11.2. The minimum atomic E-state index is -3.45. The molecule has 0 fully saturated rings. The van der Waals surface area contributed by atoms with Crippen LogP contribution in [0.1, 0.15) is 0 Å². The number of rotatable bonds is 7. The minimum Gasteiger partial charge on any atom is -0.395 e. The third-order valence-electron chi connectivity index (χ3n) is 1.49. The van der Waals surface area contributed by atoms with Crippen LogP contribution < -0.4 is 4.72 Å². The van der Waals surface area contributed by atoms with Crippen molar-refractivity contribution in [2.75, 3.05) is 40.5 Å². The number of nitrogens with zero attached hydrogens (tertiary/aromatic N) is 1. The van der Waals surface area contributed by atoms with E-state index in [0.717, 1.165) is 4.31 Å². The second-order valence-corrected chi connectivity index (χ2v) is 4.20. The molecule has 0 aromatic rings. The SMILES string of the molecule is CNS(=O)(=O)N(CCO)CCOC. The van der Waals surface area contributed by atoms with Crippen molar-refractivity contribution >= 4 is 10.2 Å². The summed E-state index contributed by atoms with van der Waals surface area (Å²) in [4.78, 5) is 0. The fraction of sp³-hybridized carbons (Fsp3) is 1.00. The summed E-state index contributed by atoms with van der Waals surface area (Å²) in [6.07, 6.45) is 0. The molecule has 0 amide bonds. The van der Waals surface area contributed by atoms with Gasteiger partial charge in [0.25, 0.3) is 10.2 Å². The van der Waals surface area contributed by atoms with Crippen LogP contribution in [-0.4, -0.2) is 58.3 Å². The van der Waals surface area contributed by atoms with Crippen molar-refractivity contribution < 1.29 is 18.3 Å². The van der Waals surface area contributed by atoms with Gasteiger partial charge < -0.3 is 9.84 Å². The molecule has 0 aliphatic heterocycles. The molecular formula is C6H16N2O4S. The summed E-state index contributed by atoms with van der Waals surface area (Å²) in [5.41, 5.74) is 0. The maximum Gasteiger partial charge on any atom is 0.279 e. The second-order valence-electron chi connectivity index (χ2n) is 2.32. The molecule has 0 aliphatic carbocycles. The van der Waals surface area contributed by atoms with Gasteiger partial charge in [-0.15, -0.1) is 0 Å². The Morgan fingerprint density at radius 2 is 2.08 bits per heavy atom. The van der Waals surface area contributed by atoms with E-state index in [2.05, 4.69) is 4.72 Å². The van der Waals surface area contributed by atoms with Gasteiger partial charge in [-0.3, -0.25) is 0 Å². The van der Waals surface area contributed by atoms with Gasteiger partial charge in [0.15, 0.2) is 0 Å². The van der Waals surface area contributed by atoms with Gasteiger partial charge >= 0.3 is 0 Å². The van der Waals surface area contributed by atoms with E-state index in [1.54, 1.807) is 0 Å². The molecule has 0 spiro atoms. The van der Waals surface area contributed by atoms with Crippen LogP contribution >= 0.6 is 0 Å². The van der Waals surface area contributed by atoms with E-state index in [0.29, 0.717) is 6.61 Å². The molecule has 7 heteroatoms. The summed E-state index contributed by atoms with van der Waals surface area (Å²) in [6, 6.07) is 0. The van der Waals surface area contributed by atoms with Crippen LogP contribution in [0.2, 0.25) is 0 Å². The van der Waals surface area contributed by atoms with Gasteiger partial charge in [0.2, 0.25) is 0 Å². The number of methoxy groups -OCH3 is 1. The summed E-state index contributed by atoms with van der Waals surface area (Å²) in [5, 5.41) is 8.62. The van der Waals surface area contributed by atoms with Gasteiger partial charge in [-0.2, -0.15) is 12.7 Å². The molecule has 0 heterocycles. The lowest BCUT2D eigenvalue weighted by atomic mass is 10.6. The zero-order valence-corrected chi connectivity index (χ0v) is 8.67. The molecule has 80 valence electrons. The highest BCUT2D eigenvalue weighted by Crippen LogP contribution is 1.95. The second kappa shape index (κ2) is 6.28. The predicted octanol–water partition coefficient (Wildman–Crippen LogP) is -1.61. The first-order valence-electron chi connectivity index (χ1n) is 3.87. The van der Waals surface area contributed by atoms with Gasteiger partial charge in [-0.05, 0) is 0 Å². The summed E-state index contributed by atoms with van der Waals surface area (Å²) in [7, 11) is -0.636. The van der Waals surface area contributed by atoms with E-state index in [1.165, 1.54) is 14.2 Å². The van der Waals surface area contributed by atoms with Gasteiger partial charge in [-0.1, -0.05) is 0 Å². The molecule has 0 atom stereocenters. The Bertz CT molecular complexity index is 217. The Morgan fingerprint density at radius 3 is 2.46 bits per heavy atom. The summed E-state index contributed by atoms with van der Waals surface area (Å²) < 4.78 is 30.5. The van der Waals surface area contributed by atoms with Crippen molar-refractivity contribution in [1.29, 1.82) is 0 Å². The molecule has 0 aliphatic rings. The quantitative estimate of drug-likeness (QED) is 0.532. The van der Waals surface area contributed by atoms with E-state index >= 15 is 0 Å². The summed E-state index contributed by atoms with van der Waals surface area (Å²) in [6.45, 7) is 0.415. The Labute approximate surface area is 78.7 Å². The highest BCUT2D eigenvalue weighted by molar-refractivity contribution is 7.87. The minimum absolute atomic E-state index is 0.0759. The molecule has 13 heavy (non-hydrogen) atoms. The first-order valence-corrected chi connectivity index (χ1v) is 5.31. The van der Waals surface area contributed by atoms with Crippen LogP contribution in [0.3, 0.4) is 0 Å². The largest absolute Gasteiger partial charge is 0.395 e. The van der Waals surface area contributed by atoms with Gasteiger partial charge in [0, 0.05) is 27.2 Å². The summed E-state index contributed by atoms with van der Waals surface area (Å²) in [5.74, 6) is 0. The lowest BCUT2D eigenvalue weighted by Gasteiger charge is -2.19. The number of nitrogens with one attached hydrogen (secondary N) is 1. The lowest BCUT2D eigenvalue weighted by Crippen LogP contribution is -2.42. The molecule has 0 aromatic heterocycles. The molecule has 0 saturated carbocycles. The van der Waals surface area contributed by atoms with Crippen molar-refractivity contribution in [3.63, 3.8) is 0 Å². The molecule has 0 bridgehead atoms. The van der Waals surface area contributed by atoms with Crippen molar-refractivity contribution in [1.82, 2.24) is 9.03 Å². The Kier molecular flexibility index (Phi) is 6.17. The Morgan fingerprint density at radius 1 is 1.46 bits per heavy atom. The molecule has 0 unspecified atom stereocenters. The van der Waals surface area contributed by atoms with Crippen molar-refractivity contribution in [2.45, 2.75) is 0 Å². The third kappa shape index (κ3) is 4.53. The summed E-state index contributed by atoms with van der Waals surface area (Å²) >= 11 is 0. The molecular weight excluding hydrogens is 196 g/mol. The predicted molar refractivity (Wildman–Crippen MR) is 48.5 cm³/mol. The smallest absolute Gasteiger partial charge is 0.279 e. The topological polar surface area (TPSA) is 78.9 Å². The monoisotopic (exact) mass is 212 g/mol. The average Bonchev–Trinajstić information content (AvgIpc) is 2.12. The third-order valence-corrected chi connectivity index (χ3v) is 3.05. The number of hydrogen-bond acceptors (Lipinski definition) is 4. The molecule has 0 aromatic carbocycles. The van der Waals surface area contributed by atoms with E-state index in [1.807, 2.05) is 0 Å². The van der Waals surface area contributed by atoms with Crippen LogP contribution in [0.4, 0.5) is 0 Å². The zero-order chi connectivity index (χ0) is 10.3. The standard InChI is InChI=1S/C6H16N2O4S/c1-7-13(10,11)8(3-5-9)4-6-12-2/h7,9H,3-6H2,1-2H3. The van der Waals surface area contributed by atoms with E-state index in [-0.39, 0.29) is 19.7 Å². The highest BCUT2D eigenvalue weighted by atomic mass is 32.2. The van der Waals surface area contributed by atoms with E-state index in [4.69, 9.17) is 9.84 Å². The Hall–Kier alpha value is -0.210. The molecule has 2 N–H and O–H groups in total. The molecule has 0 rings (SSSR count). The first-order chi connectivity index (χ1) is 6.08. The fourth-order valence-corrected chi connectivity index (χ4v) is 1.68. The van der Waals surface area contributed by atoms with Crippen LogP contribution in [0.5, 0.6) is 0 Å². The molecule has 6 nitrogen and oxygen atoms in total. The maximum absolute atomic E-state index is 11.2. The number of hydrogen-bond donors (Lipinski definition) is 2. The molecule has 0 saturated heterocycles. The van der Waals surface area contributed by atoms with Crippen LogP contribution in [0.25, 0.3) is 0 Å². The number of ether oxygens (including phenoxy) is 1. The lowest BCUT2D eigenvalue weighted by molar-refractivity contribution is 0.168. The van der Waals surface area contributed by atoms with Crippen molar-refractivity contribution in [2.24, 2.45) is 0 Å². The zero-order valence-electron chi connectivity index (χ0n) is 7.86. The van der Waals surface area contributed by atoms with Crippen molar-refractivity contribution in [3.8, 4) is 0 Å². The first kappa shape index (κ1) is 12.8. The van der Waals surface area contributed by atoms with Crippen molar-refractivity contribution in [3.05, 3.63) is 0 Å². The number of aliphatic hydroxyl groups excluding tert-OH is 1.